The van der Waals surface area contributed by atoms with E-state index in [0.717, 1.165) is 0 Å². The highest BCUT2D eigenvalue weighted by Gasteiger charge is 2.11. The Morgan fingerprint density at radius 1 is 0.618 bits per heavy atom. The molecular weight excluding hydrogens is 480 g/mol. The Labute approximate surface area is 198 Å². The molecule has 0 unspecified atom stereocenters. The molecular formula is C22H26N4O6S2. The molecule has 3 aromatic carbocycles. The molecule has 3 rings (SSSR count). The Balaban J connectivity index is 0.000000255. The molecule has 0 saturated carbocycles. The van der Waals surface area contributed by atoms with Crippen LogP contribution in [0, 0.1) is 24.7 Å². The van der Waals surface area contributed by atoms with E-state index in [2.05, 4.69) is 0 Å². The number of hydrogen-bond donors (Lipinski definition) is 6. The van der Waals surface area contributed by atoms with Crippen LogP contribution in [0.4, 0.5) is 0 Å². The predicted octanol–water partition coefficient (Wildman–Crippen LogP) is 2.74. The van der Waals surface area contributed by atoms with Gasteiger partial charge in [-0.1, -0.05) is 60.7 Å². The average Bonchev–Trinajstić information content (AvgIpc) is 2.74. The minimum atomic E-state index is -4.03. The summed E-state index contributed by atoms with van der Waals surface area (Å²) in [6, 6.07) is 19.2. The fourth-order valence-electron chi connectivity index (χ4n) is 2.52. The minimum Gasteiger partial charge on any atom is -0.384 e. The summed E-state index contributed by atoms with van der Waals surface area (Å²) in [5, 5.41) is 14.2. The van der Waals surface area contributed by atoms with E-state index >= 15 is 0 Å². The van der Waals surface area contributed by atoms with Crippen molar-refractivity contribution in [3.8, 4) is 0 Å². The topological polar surface area (TPSA) is 208 Å². The summed E-state index contributed by atoms with van der Waals surface area (Å²) in [4.78, 5) is -0.0556. The standard InChI is InChI=1S/C8H10N4.2C7H8O3S/c9-7(10)5-1-2-6(4-3-5)8(11)12;2*1-6-4-2-3-5-7(6)11(8,9)10/h1-4H,(H3,9,10)(H3,11,12);2*2-5H,1H3,(H,8,9,10). The van der Waals surface area contributed by atoms with Crippen LogP contribution in [0.5, 0.6) is 0 Å². The van der Waals surface area contributed by atoms with E-state index in [1.165, 1.54) is 12.1 Å². The Morgan fingerprint density at radius 2 is 0.882 bits per heavy atom. The molecule has 3 aromatic rings. The number of benzene rings is 3. The first-order valence-corrected chi connectivity index (χ1v) is 12.4. The zero-order valence-electron chi connectivity index (χ0n) is 18.4. The highest BCUT2D eigenvalue weighted by Crippen LogP contribution is 2.13. The molecule has 34 heavy (non-hydrogen) atoms. The molecule has 0 bridgehead atoms. The number of nitrogen functional groups attached to an aromatic ring is 2. The predicted molar refractivity (Wildman–Crippen MR) is 130 cm³/mol. The monoisotopic (exact) mass is 506 g/mol. The first-order chi connectivity index (χ1) is 15.6. The van der Waals surface area contributed by atoms with Crippen LogP contribution in [0.25, 0.3) is 0 Å². The van der Waals surface area contributed by atoms with Crippen LogP contribution in [-0.2, 0) is 20.2 Å². The number of nitrogens with one attached hydrogen (secondary N) is 2. The lowest BCUT2D eigenvalue weighted by Gasteiger charge is -1.99. The maximum Gasteiger partial charge on any atom is 0.294 e. The molecule has 0 atom stereocenters. The molecule has 182 valence electrons. The Morgan fingerprint density at radius 3 is 1.06 bits per heavy atom. The van der Waals surface area contributed by atoms with Crippen LogP contribution in [0.2, 0.25) is 0 Å². The number of hydrogen-bond acceptors (Lipinski definition) is 6. The molecule has 0 aromatic heterocycles. The third-order valence-electron chi connectivity index (χ3n) is 4.25. The van der Waals surface area contributed by atoms with Gasteiger partial charge < -0.3 is 11.5 Å². The van der Waals surface area contributed by atoms with Gasteiger partial charge in [0.15, 0.2) is 0 Å². The molecule has 0 aliphatic heterocycles. The van der Waals surface area contributed by atoms with E-state index in [-0.39, 0.29) is 21.5 Å². The Kier molecular flexibility index (Phi) is 10.1. The largest absolute Gasteiger partial charge is 0.384 e. The van der Waals surface area contributed by atoms with Gasteiger partial charge in [-0.15, -0.1) is 0 Å². The van der Waals surface area contributed by atoms with E-state index in [9.17, 15) is 16.8 Å². The molecule has 0 amide bonds. The molecule has 0 saturated heterocycles. The van der Waals surface area contributed by atoms with Crippen LogP contribution < -0.4 is 11.5 Å². The summed E-state index contributed by atoms with van der Waals surface area (Å²) in [5.74, 6) is 0.0372. The van der Waals surface area contributed by atoms with Crippen molar-refractivity contribution >= 4 is 31.9 Å². The van der Waals surface area contributed by atoms with Gasteiger partial charge in [0.1, 0.15) is 11.7 Å². The SMILES string of the molecule is Cc1ccccc1S(=O)(=O)O.Cc1ccccc1S(=O)(=O)O.N=C(N)c1ccc(C(=N)N)cc1. The van der Waals surface area contributed by atoms with E-state index in [4.69, 9.17) is 31.4 Å². The second-order valence-corrected chi connectivity index (χ2v) is 9.67. The summed E-state index contributed by atoms with van der Waals surface area (Å²) in [5.41, 5.74) is 12.9. The Hall–Kier alpha value is -3.58. The fraction of sp³-hybridized carbons (Fsp3) is 0.0909. The smallest absolute Gasteiger partial charge is 0.294 e. The molecule has 12 heteroatoms. The summed E-state index contributed by atoms with van der Waals surface area (Å²) >= 11 is 0. The van der Waals surface area contributed by atoms with Gasteiger partial charge in [0.25, 0.3) is 20.2 Å². The third-order valence-corrected chi connectivity index (χ3v) is 6.28. The molecule has 0 fully saturated rings. The second kappa shape index (κ2) is 12.0. The number of nitrogens with two attached hydrogens (primary N) is 2. The number of rotatable bonds is 4. The van der Waals surface area contributed by atoms with Gasteiger partial charge >= 0.3 is 0 Å². The number of aryl methyl sites for hydroxylation is 2. The lowest BCUT2D eigenvalue weighted by molar-refractivity contribution is 0.480. The molecule has 0 spiro atoms. The third kappa shape index (κ3) is 9.11. The van der Waals surface area contributed by atoms with Crippen LogP contribution in [-0.4, -0.2) is 37.6 Å². The maximum absolute atomic E-state index is 10.6. The molecule has 8 N–H and O–H groups in total. The van der Waals surface area contributed by atoms with Crippen molar-refractivity contribution < 1.29 is 25.9 Å². The van der Waals surface area contributed by atoms with Crippen molar-refractivity contribution in [1.82, 2.24) is 0 Å². The second-order valence-electron chi connectivity index (χ2n) is 6.89. The van der Waals surface area contributed by atoms with Crippen molar-refractivity contribution in [1.29, 1.82) is 10.8 Å². The quantitative estimate of drug-likeness (QED) is 0.176. The molecule has 0 radical (unpaired) electrons. The molecule has 0 heterocycles. The van der Waals surface area contributed by atoms with Crippen molar-refractivity contribution in [2.75, 3.05) is 0 Å². The zero-order valence-corrected chi connectivity index (χ0v) is 20.1. The first kappa shape index (κ1) is 28.5. The lowest BCUT2D eigenvalue weighted by atomic mass is 10.1. The number of amidine groups is 2. The van der Waals surface area contributed by atoms with Gasteiger partial charge in [-0.25, -0.2) is 0 Å². The average molecular weight is 507 g/mol. The summed E-state index contributed by atoms with van der Waals surface area (Å²) in [6.45, 7) is 3.26. The lowest BCUT2D eigenvalue weighted by Crippen LogP contribution is -2.13. The van der Waals surface area contributed by atoms with Crippen molar-refractivity contribution in [2.45, 2.75) is 23.6 Å². The highest BCUT2D eigenvalue weighted by molar-refractivity contribution is 7.86. The fourth-order valence-corrected chi connectivity index (χ4v) is 3.97. The van der Waals surface area contributed by atoms with Gasteiger partial charge in [-0.2, -0.15) is 16.8 Å². The van der Waals surface area contributed by atoms with Crippen LogP contribution in [0.1, 0.15) is 22.3 Å². The van der Waals surface area contributed by atoms with Crippen molar-refractivity contribution in [2.24, 2.45) is 11.5 Å². The van der Waals surface area contributed by atoms with Gasteiger partial charge in [-0.3, -0.25) is 19.9 Å². The summed E-state index contributed by atoms with van der Waals surface area (Å²) in [6.07, 6.45) is 0. The van der Waals surface area contributed by atoms with E-state index in [0.29, 0.717) is 22.3 Å². The zero-order chi connectivity index (χ0) is 26.1. The summed E-state index contributed by atoms with van der Waals surface area (Å²) < 4.78 is 59.7. The summed E-state index contributed by atoms with van der Waals surface area (Å²) in [7, 11) is -8.07. The van der Waals surface area contributed by atoms with Gasteiger partial charge in [0.05, 0.1) is 9.79 Å². The van der Waals surface area contributed by atoms with Gasteiger partial charge in [0, 0.05) is 11.1 Å². The van der Waals surface area contributed by atoms with Gasteiger partial charge in [0.2, 0.25) is 0 Å². The van der Waals surface area contributed by atoms with Crippen LogP contribution >= 0.6 is 0 Å². The van der Waals surface area contributed by atoms with E-state index < -0.39 is 20.2 Å². The first-order valence-electron chi connectivity index (χ1n) is 9.49. The van der Waals surface area contributed by atoms with E-state index in [1.807, 2.05) is 0 Å². The highest BCUT2D eigenvalue weighted by atomic mass is 32.2. The van der Waals surface area contributed by atoms with Crippen molar-refractivity contribution in [3.05, 3.63) is 95.1 Å². The van der Waals surface area contributed by atoms with Crippen LogP contribution in [0.3, 0.4) is 0 Å². The molecule has 10 nitrogen and oxygen atoms in total. The Bertz CT molecular complexity index is 1260. The van der Waals surface area contributed by atoms with Crippen molar-refractivity contribution in [3.63, 3.8) is 0 Å². The minimum absolute atomic E-state index is 0.0186. The molecule has 0 aliphatic rings. The van der Waals surface area contributed by atoms with E-state index in [1.54, 1.807) is 74.5 Å². The van der Waals surface area contributed by atoms with Gasteiger partial charge in [-0.05, 0) is 37.1 Å². The normalized spacial score (nSPS) is 10.7. The molecule has 0 aliphatic carbocycles. The van der Waals surface area contributed by atoms with Crippen LogP contribution in [0.15, 0.2) is 82.6 Å². The maximum atomic E-state index is 10.6.